The zero-order chi connectivity index (χ0) is 16.8. The lowest BCUT2D eigenvalue weighted by Crippen LogP contribution is -2.12. The van der Waals surface area contributed by atoms with Crippen molar-refractivity contribution in [1.29, 1.82) is 0 Å². The standard InChI is InChI=1S/C19H18N4O/c1-14-5-7-15(8-6-14)19(24)23-17-9-10-18(22-13-17)21-12-16-4-2-3-11-20-16/h2-11,13H,12H2,1H3,(H,21,22)(H,23,24). The first-order valence-electron chi connectivity index (χ1n) is 7.68. The van der Waals surface area contributed by atoms with Gasteiger partial charge in [-0.15, -0.1) is 0 Å². The van der Waals surface area contributed by atoms with E-state index in [1.807, 2.05) is 49.4 Å². The number of nitrogens with zero attached hydrogens (tertiary/aromatic N) is 2. The summed E-state index contributed by atoms with van der Waals surface area (Å²) in [4.78, 5) is 20.7. The maximum absolute atomic E-state index is 12.2. The van der Waals surface area contributed by atoms with Crippen molar-refractivity contribution in [2.45, 2.75) is 13.5 Å². The van der Waals surface area contributed by atoms with Gasteiger partial charge in [0.25, 0.3) is 5.91 Å². The molecular formula is C19H18N4O. The molecule has 5 nitrogen and oxygen atoms in total. The highest BCUT2D eigenvalue weighted by atomic mass is 16.1. The summed E-state index contributed by atoms with van der Waals surface area (Å²) in [6, 6.07) is 16.9. The van der Waals surface area contributed by atoms with Gasteiger partial charge in [0.15, 0.2) is 0 Å². The average molecular weight is 318 g/mol. The predicted molar refractivity (Wildman–Crippen MR) is 94.9 cm³/mol. The van der Waals surface area contributed by atoms with E-state index in [9.17, 15) is 4.79 Å². The highest BCUT2D eigenvalue weighted by Crippen LogP contribution is 2.12. The van der Waals surface area contributed by atoms with Crippen LogP contribution in [0.5, 0.6) is 0 Å². The Kier molecular flexibility index (Phi) is 4.81. The second-order valence-electron chi connectivity index (χ2n) is 5.43. The number of aromatic nitrogens is 2. The zero-order valence-electron chi connectivity index (χ0n) is 13.4. The minimum Gasteiger partial charge on any atom is -0.364 e. The van der Waals surface area contributed by atoms with Crippen molar-refractivity contribution in [2.24, 2.45) is 0 Å². The van der Waals surface area contributed by atoms with Crippen molar-refractivity contribution in [2.75, 3.05) is 10.6 Å². The van der Waals surface area contributed by atoms with Gasteiger partial charge in [-0.05, 0) is 43.3 Å². The molecule has 0 fully saturated rings. The van der Waals surface area contributed by atoms with E-state index in [0.29, 0.717) is 17.8 Å². The Morgan fingerprint density at radius 3 is 2.50 bits per heavy atom. The van der Waals surface area contributed by atoms with Crippen LogP contribution in [0.4, 0.5) is 11.5 Å². The van der Waals surface area contributed by atoms with Crippen molar-refractivity contribution < 1.29 is 4.79 Å². The zero-order valence-corrected chi connectivity index (χ0v) is 13.4. The molecule has 0 radical (unpaired) electrons. The van der Waals surface area contributed by atoms with Crippen molar-refractivity contribution in [3.8, 4) is 0 Å². The van der Waals surface area contributed by atoms with Gasteiger partial charge >= 0.3 is 0 Å². The first-order chi connectivity index (χ1) is 11.7. The average Bonchev–Trinajstić information content (AvgIpc) is 2.62. The maximum atomic E-state index is 12.2. The fourth-order valence-electron chi connectivity index (χ4n) is 2.16. The van der Waals surface area contributed by atoms with Crippen molar-refractivity contribution >= 4 is 17.4 Å². The van der Waals surface area contributed by atoms with E-state index >= 15 is 0 Å². The predicted octanol–water partition coefficient (Wildman–Crippen LogP) is 3.65. The summed E-state index contributed by atoms with van der Waals surface area (Å²) in [5, 5.41) is 6.03. The largest absolute Gasteiger partial charge is 0.364 e. The van der Waals surface area contributed by atoms with Gasteiger partial charge in [0, 0.05) is 11.8 Å². The summed E-state index contributed by atoms with van der Waals surface area (Å²) < 4.78 is 0. The fourth-order valence-corrected chi connectivity index (χ4v) is 2.16. The summed E-state index contributed by atoms with van der Waals surface area (Å²) in [6.07, 6.45) is 3.39. The molecule has 2 heterocycles. The SMILES string of the molecule is Cc1ccc(C(=O)Nc2ccc(NCc3ccccn3)nc2)cc1. The summed E-state index contributed by atoms with van der Waals surface area (Å²) in [7, 11) is 0. The lowest BCUT2D eigenvalue weighted by atomic mass is 10.1. The molecular weight excluding hydrogens is 300 g/mol. The van der Waals surface area contributed by atoms with Crippen LogP contribution in [0.15, 0.2) is 67.0 Å². The van der Waals surface area contributed by atoms with E-state index in [-0.39, 0.29) is 5.91 Å². The van der Waals surface area contributed by atoms with Gasteiger partial charge in [-0.1, -0.05) is 23.8 Å². The van der Waals surface area contributed by atoms with E-state index in [1.54, 1.807) is 24.5 Å². The quantitative estimate of drug-likeness (QED) is 0.753. The first-order valence-corrected chi connectivity index (χ1v) is 7.68. The molecule has 0 unspecified atom stereocenters. The minimum absolute atomic E-state index is 0.147. The molecule has 120 valence electrons. The Balaban J connectivity index is 1.58. The lowest BCUT2D eigenvalue weighted by Gasteiger charge is -2.08. The number of benzene rings is 1. The third-order valence-corrected chi connectivity index (χ3v) is 3.51. The third-order valence-electron chi connectivity index (χ3n) is 3.51. The van der Waals surface area contributed by atoms with Crippen LogP contribution in [0.1, 0.15) is 21.6 Å². The van der Waals surface area contributed by atoms with Gasteiger partial charge in [-0.2, -0.15) is 0 Å². The molecule has 0 atom stereocenters. The number of anilines is 2. The van der Waals surface area contributed by atoms with Gasteiger partial charge in [0.1, 0.15) is 5.82 Å². The van der Waals surface area contributed by atoms with Crippen molar-refractivity contribution in [3.63, 3.8) is 0 Å². The maximum Gasteiger partial charge on any atom is 0.255 e. The summed E-state index contributed by atoms with van der Waals surface area (Å²) in [5.74, 6) is 0.583. The number of rotatable bonds is 5. The van der Waals surface area contributed by atoms with Crippen LogP contribution in [0.25, 0.3) is 0 Å². The Morgan fingerprint density at radius 1 is 1.00 bits per heavy atom. The lowest BCUT2D eigenvalue weighted by molar-refractivity contribution is 0.102. The van der Waals surface area contributed by atoms with E-state index in [0.717, 1.165) is 17.1 Å². The van der Waals surface area contributed by atoms with Crippen LogP contribution in [0.2, 0.25) is 0 Å². The van der Waals surface area contributed by atoms with Crippen LogP contribution in [0, 0.1) is 6.92 Å². The van der Waals surface area contributed by atoms with Gasteiger partial charge < -0.3 is 10.6 Å². The highest BCUT2D eigenvalue weighted by molar-refractivity contribution is 6.04. The molecule has 0 bridgehead atoms. The number of carbonyl (C=O) groups is 1. The van der Waals surface area contributed by atoms with Crippen LogP contribution >= 0.6 is 0 Å². The molecule has 0 aliphatic carbocycles. The molecule has 24 heavy (non-hydrogen) atoms. The van der Waals surface area contributed by atoms with Gasteiger partial charge in [-0.25, -0.2) is 4.98 Å². The molecule has 0 aliphatic heterocycles. The first kappa shape index (κ1) is 15.7. The molecule has 0 aliphatic rings. The van der Waals surface area contributed by atoms with E-state index in [4.69, 9.17) is 0 Å². The number of nitrogens with one attached hydrogen (secondary N) is 2. The molecule has 5 heteroatoms. The topological polar surface area (TPSA) is 66.9 Å². The summed E-state index contributed by atoms with van der Waals surface area (Å²) >= 11 is 0. The van der Waals surface area contributed by atoms with Crippen molar-refractivity contribution in [1.82, 2.24) is 9.97 Å². The molecule has 3 aromatic rings. The van der Waals surface area contributed by atoms with Crippen LogP contribution < -0.4 is 10.6 Å². The second-order valence-corrected chi connectivity index (χ2v) is 5.43. The van der Waals surface area contributed by atoms with E-state index in [2.05, 4.69) is 20.6 Å². The smallest absolute Gasteiger partial charge is 0.255 e. The van der Waals surface area contributed by atoms with Crippen LogP contribution in [0.3, 0.4) is 0 Å². The third kappa shape index (κ3) is 4.16. The molecule has 1 aromatic carbocycles. The Hall–Kier alpha value is -3.21. The summed E-state index contributed by atoms with van der Waals surface area (Å²) in [5.41, 5.74) is 3.34. The molecule has 2 N–H and O–H groups in total. The molecule has 2 aromatic heterocycles. The van der Waals surface area contributed by atoms with Gasteiger partial charge in [0.05, 0.1) is 24.1 Å². The number of amides is 1. The molecule has 0 saturated carbocycles. The minimum atomic E-state index is -0.147. The van der Waals surface area contributed by atoms with E-state index < -0.39 is 0 Å². The van der Waals surface area contributed by atoms with E-state index in [1.165, 1.54) is 0 Å². The van der Waals surface area contributed by atoms with Gasteiger partial charge in [-0.3, -0.25) is 9.78 Å². The summed E-state index contributed by atoms with van der Waals surface area (Å²) in [6.45, 7) is 2.59. The molecule has 0 saturated heterocycles. The Bertz CT molecular complexity index is 799. The molecule has 1 amide bonds. The normalized spacial score (nSPS) is 10.2. The number of aryl methyl sites for hydroxylation is 1. The Labute approximate surface area is 140 Å². The molecule has 3 rings (SSSR count). The number of hydrogen-bond donors (Lipinski definition) is 2. The number of hydrogen-bond acceptors (Lipinski definition) is 4. The highest BCUT2D eigenvalue weighted by Gasteiger charge is 2.06. The second kappa shape index (κ2) is 7.37. The van der Waals surface area contributed by atoms with Crippen LogP contribution in [-0.2, 0) is 6.54 Å². The van der Waals surface area contributed by atoms with Gasteiger partial charge in [0.2, 0.25) is 0 Å². The molecule has 0 spiro atoms. The fraction of sp³-hybridized carbons (Fsp3) is 0.105. The number of carbonyl (C=O) groups excluding carboxylic acids is 1. The number of pyridine rings is 2. The monoisotopic (exact) mass is 318 g/mol. The van der Waals surface area contributed by atoms with Crippen LogP contribution in [-0.4, -0.2) is 15.9 Å². The Morgan fingerprint density at radius 2 is 1.83 bits per heavy atom. The van der Waals surface area contributed by atoms with Crippen molar-refractivity contribution in [3.05, 3.63) is 83.8 Å².